The van der Waals surface area contributed by atoms with E-state index >= 15 is 0 Å². The smallest absolute Gasteiger partial charge is 0.234 e. The first-order valence-corrected chi connectivity index (χ1v) is 11.3. The Labute approximate surface area is 199 Å². The molecule has 0 aliphatic rings. The molecule has 0 fully saturated rings. The molecule has 0 saturated carbocycles. The molecular formula is C21H19Cl3N4O2S. The fourth-order valence-corrected chi connectivity index (χ4v) is 4.01. The van der Waals surface area contributed by atoms with E-state index in [-0.39, 0.29) is 18.3 Å². The molecule has 0 saturated heterocycles. The Balaban J connectivity index is 1.64. The minimum absolute atomic E-state index is 0.124. The fourth-order valence-electron chi connectivity index (χ4n) is 2.62. The molecule has 0 atom stereocenters. The van der Waals surface area contributed by atoms with Gasteiger partial charge in [0, 0.05) is 11.6 Å². The number of anilines is 1. The third-order valence-electron chi connectivity index (χ3n) is 4.09. The number of hydrogen-bond acceptors (Lipinski definition) is 5. The molecule has 0 aliphatic heterocycles. The Kier molecular flexibility index (Phi) is 8.26. The summed E-state index contributed by atoms with van der Waals surface area (Å²) in [6, 6.07) is 10.4. The third-order valence-corrected chi connectivity index (χ3v) is 5.91. The first-order chi connectivity index (χ1) is 14.9. The SMILES string of the molecule is C=CCn1c(COc2cc(C)ccc2Cl)nnc1SCC(=O)Nc1ccc(Cl)cc1Cl. The number of hydrogen-bond donors (Lipinski definition) is 1. The molecule has 2 aromatic carbocycles. The molecule has 1 amide bonds. The monoisotopic (exact) mass is 496 g/mol. The van der Waals surface area contributed by atoms with Crippen LogP contribution < -0.4 is 10.1 Å². The second kappa shape index (κ2) is 10.9. The Morgan fingerprint density at radius 2 is 2.00 bits per heavy atom. The predicted molar refractivity (Wildman–Crippen MR) is 127 cm³/mol. The minimum Gasteiger partial charge on any atom is -0.484 e. The number of nitrogens with zero attached hydrogens (tertiary/aromatic N) is 3. The molecular weight excluding hydrogens is 479 g/mol. The number of aromatic nitrogens is 3. The van der Waals surface area contributed by atoms with Crippen LogP contribution in [0.3, 0.4) is 0 Å². The normalized spacial score (nSPS) is 10.7. The third kappa shape index (κ3) is 6.40. The van der Waals surface area contributed by atoms with E-state index in [0.717, 1.165) is 5.56 Å². The van der Waals surface area contributed by atoms with Gasteiger partial charge in [-0.3, -0.25) is 9.36 Å². The summed E-state index contributed by atoms with van der Waals surface area (Å²) in [5.74, 6) is 1.06. The standard InChI is InChI=1S/C21H19Cl3N4O2S/c1-3-8-28-19(11-30-18-9-13(2)4-6-15(18)23)26-27-21(28)31-12-20(29)25-17-7-5-14(22)10-16(17)24/h3-7,9-10H,1,8,11-12H2,2H3,(H,25,29). The predicted octanol–water partition coefficient (Wildman–Crippen LogP) is 6.04. The Morgan fingerprint density at radius 1 is 1.19 bits per heavy atom. The second-order valence-corrected chi connectivity index (χ2v) is 8.67. The van der Waals surface area contributed by atoms with Crippen LogP contribution in [0.25, 0.3) is 0 Å². The van der Waals surface area contributed by atoms with Crippen molar-refractivity contribution in [2.75, 3.05) is 11.1 Å². The molecule has 10 heteroatoms. The van der Waals surface area contributed by atoms with Gasteiger partial charge in [0.2, 0.25) is 5.91 Å². The van der Waals surface area contributed by atoms with Crippen LogP contribution in [-0.2, 0) is 17.9 Å². The highest BCUT2D eigenvalue weighted by Gasteiger charge is 2.15. The van der Waals surface area contributed by atoms with E-state index in [9.17, 15) is 4.79 Å². The zero-order valence-corrected chi connectivity index (χ0v) is 19.7. The topological polar surface area (TPSA) is 69.0 Å². The van der Waals surface area contributed by atoms with Gasteiger partial charge in [-0.2, -0.15) is 0 Å². The van der Waals surface area contributed by atoms with Crippen molar-refractivity contribution in [1.82, 2.24) is 14.8 Å². The molecule has 3 rings (SSSR count). The largest absolute Gasteiger partial charge is 0.484 e. The summed E-state index contributed by atoms with van der Waals surface area (Å²) in [5, 5.41) is 13.1. The van der Waals surface area contributed by atoms with E-state index in [1.165, 1.54) is 11.8 Å². The average Bonchev–Trinajstić information content (AvgIpc) is 3.11. The molecule has 0 bridgehead atoms. The van der Waals surface area contributed by atoms with Crippen LogP contribution in [0.4, 0.5) is 5.69 Å². The molecule has 3 aromatic rings. The number of nitrogens with one attached hydrogen (secondary N) is 1. The maximum atomic E-state index is 12.3. The lowest BCUT2D eigenvalue weighted by Gasteiger charge is -2.11. The van der Waals surface area contributed by atoms with E-state index < -0.39 is 0 Å². The van der Waals surface area contributed by atoms with Crippen molar-refractivity contribution < 1.29 is 9.53 Å². The quantitative estimate of drug-likeness (QED) is 0.288. The lowest BCUT2D eigenvalue weighted by atomic mass is 10.2. The highest BCUT2D eigenvalue weighted by molar-refractivity contribution is 7.99. The summed E-state index contributed by atoms with van der Waals surface area (Å²) < 4.78 is 7.67. The lowest BCUT2D eigenvalue weighted by molar-refractivity contribution is -0.113. The number of allylic oxidation sites excluding steroid dienone is 1. The molecule has 1 aromatic heterocycles. The van der Waals surface area contributed by atoms with E-state index in [1.807, 2.05) is 23.6 Å². The van der Waals surface area contributed by atoms with Gasteiger partial charge in [-0.1, -0.05) is 58.7 Å². The van der Waals surface area contributed by atoms with E-state index in [2.05, 4.69) is 22.1 Å². The van der Waals surface area contributed by atoms with Crippen molar-refractivity contribution in [1.29, 1.82) is 0 Å². The molecule has 1 N–H and O–H groups in total. The van der Waals surface area contributed by atoms with Gasteiger partial charge in [0.15, 0.2) is 11.0 Å². The number of rotatable bonds is 9. The molecule has 0 radical (unpaired) electrons. The van der Waals surface area contributed by atoms with Gasteiger partial charge < -0.3 is 10.1 Å². The number of carbonyl (C=O) groups is 1. The van der Waals surface area contributed by atoms with Crippen molar-refractivity contribution in [3.8, 4) is 5.75 Å². The van der Waals surface area contributed by atoms with Crippen LogP contribution in [0.2, 0.25) is 15.1 Å². The summed E-state index contributed by atoms with van der Waals surface area (Å²) in [5.41, 5.74) is 1.53. The maximum absolute atomic E-state index is 12.3. The number of thioether (sulfide) groups is 1. The number of aryl methyl sites for hydroxylation is 1. The molecule has 31 heavy (non-hydrogen) atoms. The Hall–Kier alpha value is -2.19. The van der Waals surface area contributed by atoms with Gasteiger partial charge in [0.25, 0.3) is 0 Å². The van der Waals surface area contributed by atoms with E-state index in [0.29, 0.717) is 44.0 Å². The van der Waals surface area contributed by atoms with Crippen LogP contribution in [0.1, 0.15) is 11.4 Å². The molecule has 1 heterocycles. The average molecular weight is 498 g/mol. The van der Waals surface area contributed by atoms with E-state index in [4.69, 9.17) is 39.5 Å². The zero-order valence-electron chi connectivity index (χ0n) is 16.6. The summed E-state index contributed by atoms with van der Waals surface area (Å²) in [4.78, 5) is 12.3. The summed E-state index contributed by atoms with van der Waals surface area (Å²) in [6.45, 7) is 6.39. The fraction of sp³-hybridized carbons (Fsp3) is 0.190. The maximum Gasteiger partial charge on any atom is 0.234 e. The highest BCUT2D eigenvalue weighted by atomic mass is 35.5. The second-order valence-electron chi connectivity index (χ2n) is 6.48. The van der Waals surface area contributed by atoms with Crippen molar-refractivity contribution in [3.05, 3.63) is 75.5 Å². The van der Waals surface area contributed by atoms with Gasteiger partial charge in [0.05, 0.1) is 21.5 Å². The van der Waals surface area contributed by atoms with Gasteiger partial charge >= 0.3 is 0 Å². The summed E-state index contributed by atoms with van der Waals surface area (Å²) in [7, 11) is 0. The first-order valence-electron chi connectivity index (χ1n) is 9.17. The number of amides is 1. The Bertz CT molecular complexity index is 1100. The lowest BCUT2D eigenvalue weighted by Crippen LogP contribution is -2.15. The molecule has 0 aliphatic carbocycles. The summed E-state index contributed by atoms with van der Waals surface area (Å²) >= 11 is 19.4. The molecule has 6 nitrogen and oxygen atoms in total. The summed E-state index contributed by atoms with van der Waals surface area (Å²) in [6.07, 6.45) is 1.73. The van der Waals surface area contributed by atoms with Crippen molar-refractivity contribution in [2.45, 2.75) is 25.2 Å². The number of carbonyl (C=O) groups excluding carboxylic acids is 1. The molecule has 162 valence electrons. The molecule has 0 spiro atoms. The number of benzene rings is 2. The van der Waals surface area contributed by atoms with Crippen LogP contribution >= 0.6 is 46.6 Å². The first kappa shape index (κ1) is 23.5. The van der Waals surface area contributed by atoms with Crippen LogP contribution in [0.5, 0.6) is 5.75 Å². The number of halogens is 3. The number of ether oxygens (including phenoxy) is 1. The van der Waals surface area contributed by atoms with Gasteiger partial charge in [-0.15, -0.1) is 16.8 Å². The van der Waals surface area contributed by atoms with Crippen LogP contribution in [0.15, 0.2) is 54.2 Å². The van der Waals surface area contributed by atoms with Crippen LogP contribution in [-0.4, -0.2) is 26.4 Å². The van der Waals surface area contributed by atoms with Crippen molar-refractivity contribution in [2.24, 2.45) is 0 Å². The Morgan fingerprint density at radius 3 is 2.74 bits per heavy atom. The molecule has 0 unspecified atom stereocenters. The zero-order chi connectivity index (χ0) is 22.4. The van der Waals surface area contributed by atoms with Gasteiger partial charge in [0.1, 0.15) is 12.4 Å². The van der Waals surface area contributed by atoms with Crippen molar-refractivity contribution >= 4 is 58.2 Å². The van der Waals surface area contributed by atoms with E-state index in [1.54, 1.807) is 30.3 Å². The van der Waals surface area contributed by atoms with Gasteiger partial charge in [-0.25, -0.2) is 0 Å². The highest BCUT2D eigenvalue weighted by Crippen LogP contribution is 2.27. The van der Waals surface area contributed by atoms with Crippen molar-refractivity contribution in [3.63, 3.8) is 0 Å². The van der Waals surface area contributed by atoms with Crippen LogP contribution in [0, 0.1) is 6.92 Å². The minimum atomic E-state index is -0.230. The van der Waals surface area contributed by atoms with Gasteiger partial charge in [-0.05, 0) is 42.8 Å².